The molecule has 0 radical (unpaired) electrons. The predicted octanol–water partition coefficient (Wildman–Crippen LogP) is 2.56. The Labute approximate surface area is 116 Å². The van der Waals surface area contributed by atoms with Gasteiger partial charge in [-0.05, 0) is 31.2 Å². The average Bonchev–Trinajstić information content (AvgIpc) is 2.45. The molecule has 0 aliphatic heterocycles. The van der Waals surface area contributed by atoms with Crippen LogP contribution in [0.4, 0.5) is 4.39 Å². The number of nitrogens with two attached hydrogens (primary N) is 1. The molecule has 2 atom stereocenters. The van der Waals surface area contributed by atoms with Gasteiger partial charge in [0.1, 0.15) is 17.6 Å². The summed E-state index contributed by atoms with van der Waals surface area (Å²) in [6.45, 7) is 1.79. The fraction of sp³-hybridized carbons (Fsp3) is 0.200. The first-order chi connectivity index (χ1) is 9.61. The van der Waals surface area contributed by atoms with Crippen molar-refractivity contribution in [2.45, 2.75) is 19.1 Å². The number of aromatic nitrogens is 1. The Morgan fingerprint density at radius 1 is 1.35 bits per heavy atom. The van der Waals surface area contributed by atoms with Crippen LogP contribution < -0.4 is 10.5 Å². The molecular weight excluding hydrogens is 257 g/mol. The fourth-order valence-electron chi connectivity index (χ4n) is 1.79. The third-order valence-corrected chi connectivity index (χ3v) is 2.78. The summed E-state index contributed by atoms with van der Waals surface area (Å²) in [5, 5.41) is 8.70. The van der Waals surface area contributed by atoms with Crippen LogP contribution in [0.1, 0.15) is 24.3 Å². The zero-order chi connectivity index (χ0) is 14.5. The number of hydrogen-bond donors (Lipinski definition) is 1. The molecule has 2 aromatic rings. The molecule has 20 heavy (non-hydrogen) atoms. The van der Waals surface area contributed by atoms with Gasteiger partial charge in [0.2, 0.25) is 0 Å². The summed E-state index contributed by atoms with van der Waals surface area (Å²) in [7, 11) is 0. The van der Waals surface area contributed by atoms with Gasteiger partial charge in [0.25, 0.3) is 0 Å². The van der Waals surface area contributed by atoms with E-state index in [9.17, 15) is 4.39 Å². The van der Waals surface area contributed by atoms with E-state index in [2.05, 4.69) is 4.98 Å². The lowest BCUT2D eigenvalue weighted by Crippen LogP contribution is -2.29. The molecule has 0 spiro atoms. The maximum Gasteiger partial charge on any atom is 0.155 e. The summed E-state index contributed by atoms with van der Waals surface area (Å²) in [5.41, 5.74) is 6.55. The number of halogens is 1. The highest BCUT2D eigenvalue weighted by Crippen LogP contribution is 2.24. The SMILES string of the molecule is CC(N)C(Oc1ccc(C#N)c(F)c1)c1ccccn1. The topological polar surface area (TPSA) is 71.9 Å². The molecule has 4 nitrogen and oxygen atoms in total. The van der Waals surface area contributed by atoms with Crippen LogP contribution in [0.25, 0.3) is 0 Å². The van der Waals surface area contributed by atoms with Gasteiger partial charge in [-0.2, -0.15) is 5.26 Å². The molecule has 2 N–H and O–H groups in total. The second-order valence-electron chi connectivity index (χ2n) is 4.41. The first kappa shape index (κ1) is 14.0. The molecule has 0 fully saturated rings. The van der Waals surface area contributed by atoms with E-state index in [1.165, 1.54) is 12.1 Å². The standard InChI is InChI=1S/C15H14FN3O/c1-10(18)15(14-4-2-3-7-19-14)20-12-6-5-11(9-17)13(16)8-12/h2-8,10,15H,18H2,1H3. The lowest BCUT2D eigenvalue weighted by molar-refractivity contribution is 0.175. The van der Waals surface area contributed by atoms with E-state index in [0.29, 0.717) is 11.4 Å². The van der Waals surface area contributed by atoms with Gasteiger partial charge < -0.3 is 10.5 Å². The van der Waals surface area contributed by atoms with Crippen LogP contribution in [-0.4, -0.2) is 11.0 Å². The minimum absolute atomic E-state index is 0.0208. The van der Waals surface area contributed by atoms with Crippen molar-refractivity contribution < 1.29 is 9.13 Å². The molecule has 0 amide bonds. The van der Waals surface area contributed by atoms with Crippen molar-refractivity contribution in [2.75, 3.05) is 0 Å². The monoisotopic (exact) mass is 271 g/mol. The molecule has 2 unspecified atom stereocenters. The van der Waals surface area contributed by atoms with Crippen LogP contribution in [0.5, 0.6) is 5.75 Å². The number of ether oxygens (including phenoxy) is 1. The molecule has 102 valence electrons. The van der Waals surface area contributed by atoms with Crippen molar-refractivity contribution in [1.82, 2.24) is 4.98 Å². The first-order valence-corrected chi connectivity index (χ1v) is 6.14. The summed E-state index contributed by atoms with van der Waals surface area (Å²) >= 11 is 0. The molecule has 0 bridgehead atoms. The largest absolute Gasteiger partial charge is 0.482 e. The number of nitriles is 1. The molecule has 5 heteroatoms. The number of hydrogen-bond acceptors (Lipinski definition) is 4. The molecule has 2 rings (SSSR count). The van der Waals surface area contributed by atoms with E-state index in [1.54, 1.807) is 37.4 Å². The van der Waals surface area contributed by atoms with Gasteiger partial charge in [0, 0.05) is 18.3 Å². The van der Waals surface area contributed by atoms with Gasteiger partial charge in [-0.3, -0.25) is 4.98 Å². The zero-order valence-electron chi connectivity index (χ0n) is 11.0. The third kappa shape index (κ3) is 3.11. The van der Waals surface area contributed by atoms with E-state index in [-0.39, 0.29) is 11.6 Å². The Morgan fingerprint density at radius 3 is 2.70 bits per heavy atom. The van der Waals surface area contributed by atoms with Gasteiger partial charge in [0.15, 0.2) is 6.10 Å². The Morgan fingerprint density at radius 2 is 2.15 bits per heavy atom. The minimum atomic E-state index is -0.616. The highest BCUT2D eigenvalue weighted by molar-refractivity contribution is 5.36. The second-order valence-corrected chi connectivity index (χ2v) is 4.41. The third-order valence-electron chi connectivity index (χ3n) is 2.78. The van der Waals surface area contributed by atoms with Crippen LogP contribution in [0.15, 0.2) is 42.6 Å². The van der Waals surface area contributed by atoms with Gasteiger partial charge in [-0.1, -0.05) is 6.07 Å². The molecule has 0 saturated carbocycles. The van der Waals surface area contributed by atoms with Gasteiger partial charge in [0.05, 0.1) is 11.3 Å². The number of pyridine rings is 1. The number of benzene rings is 1. The minimum Gasteiger partial charge on any atom is -0.482 e. The van der Waals surface area contributed by atoms with Gasteiger partial charge in [-0.15, -0.1) is 0 Å². The summed E-state index contributed by atoms with van der Waals surface area (Å²) in [5.74, 6) is -0.302. The lowest BCUT2D eigenvalue weighted by Gasteiger charge is -2.22. The van der Waals surface area contributed by atoms with E-state index in [4.69, 9.17) is 15.7 Å². The van der Waals surface area contributed by atoms with Crippen molar-refractivity contribution >= 4 is 0 Å². The van der Waals surface area contributed by atoms with Crippen molar-refractivity contribution in [1.29, 1.82) is 5.26 Å². The van der Waals surface area contributed by atoms with Crippen LogP contribution in [0.2, 0.25) is 0 Å². The van der Waals surface area contributed by atoms with Crippen LogP contribution in [0.3, 0.4) is 0 Å². The molecule has 1 aromatic heterocycles. The molecular formula is C15H14FN3O. The Kier molecular flexibility index (Phi) is 4.28. The molecule has 0 aliphatic rings. The van der Waals surface area contributed by atoms with E-state index in [1.807, 2.05) is 6.07 Å². The van der Waals surface area contributed by atoms with Crippen LogP contribution in [-0.2, 0) is 0 Å². The smallest absolute Gasteiger partial charge is 0.155 e. The quantitative estimate of drug-likeness (QED) is 0.927. The second kappa shape index (κ2) is 6.13. The van der Waals surface area contributed by atoms with E-state index < -0.39 is 11.9 Å². The summed E-state index contributed by atoms with van der Waals surface area (Å²) in [6.07, 6.45) is 1.16. The average molecular weight is 271 g/mol. The van der Waals surface area contributed by atoms with Gasteiger partial charge >= 0.3 is 0 Å². The van der Waals surface area contributed by atoms with Crippen molar-refractivity contribution in [3.63, 3.8) is 0 Å². The summed E-state index contributed by atoms with van der Waals surface area (Å²) in [4.78, 5) is 4.20. The zero-order valence-corrected chi connectivity index (χ0v) is 11.0. The maximum atomic E-state index is 13.6. The molecule has 1 aromatic carbocycles. The molecule has 0 saturated heterocycles. The summed E-state index contributed by atoms with van der Waals surface area (Å²) < 4.78 is 19.3. The van der Waals surface area contributed by atoms with Gasteiger partial charge in [-0.25, -0.2) is 4.39 Å². The maximum absolute atomic E-state index is 13.6. The fourth-order valence-corrected chi connectivity index (χ4v) is 1.79. The number of rotatable bonds is 4. The van der Waals surface area contributed by atoms with Crippen LogP contribution in [0, 0.1) is 17.1 Å². The van der Waals surface area contributed by atoms with E-state index >= 15 is 0 Å². The molecule has 1 heterocycles. The first-order valence-electron chi connectivity index (χ1n) is 6.14. The normalized spacial score (nSPS) is 13.3. The highest BCUT2D eigenvalue weighted by Gasteiger charge is 2.20. The number of nitrogens with zero attached hydrogens (tertiary/aromatic N) is 2. The highest BCUT2D eigenvalue weighted by atomic mass is 19.1. The lowest BCUT2D eigenvalue weighted by atomic mass is 10.1. The van der Waals surface area contributed by atoms with Crippen LogP contribution >= 0.6 is 0 Å². The van der Waals surface area contributed by atoms with E-state index in [0.717, 1.165) is 0 Å². The van der Waals surface area contributed by atoms with Crippen molar-refractivity contribution in [3.05, 3.63) is 59.7 Å². The predicted molar refractivity (Wildman–Crippen MR) is 72.4 cm³/mol. The Bertz CT molecular complexity index is 623. The Hall–Kier alpha value is -2.45. The summed E-state index contributed by atoms with van der Waals surface area (Å²) in [6, 6.07) is 11.0. The van der Waals surface area contributed by atoms with Crippen molar-refractivity contribution in [3.8, 4) is 11.8 Å². The molecule has 0 aliphatic carbocycles. The van der Waals surface area contributed by atoms with Crippen molar-refractivity contribution in [2.24, 2.45) is 5.73 Å². The Balaban J connectivity index is 2.26.